The second-order valence-corrected chi connectivity index (χ2v) is 8.99. The first-order valence-corrected chi connectivity index (χ1v) is 11.8. The molecule has 0 N–H and O–H groups in total. The van der Waals surface area contributed by atoms with Crippen molar-refractivity contribution in [2.45, 2.75) is 76.1 Å². The molecule has 5 rings (SSSR count). The zero-order valence-electron chi connectivity index (χ0n) is 19.0. The van der Waals surface area contributed by atoms with Crippen molar-refractivity contribution < 1.29 is 19.0 Å². The third-order valence-electron chi connectivity index (χ3n) is 7.17. The van der Waals surface area contributed by atoms with Crippen LogP contribution in [0, 0.1) is 0 Å². The molecule has 32 heavy (non-hydrogen) atoms. The molecule has 3 atom stereocenters. The number of hydrogen-bond donors (Lipinski definition) is 0. The molecule has 8 nitrogen and oxygen atoms in total. The molecular weight excluding hydrogens is 408 g/mol. The van der Waals surface area contributed by atoms with Crippen LogP contribution in [0.2, 0.25) is 0 Å². The van der Waals surface area contributed by atoms with Gasteiger partial charge in [0, 0.05) is 18.6 Å². The third kappa shape index (κ3) is 3.85. The van der Waals surface area contributed by atoms with Gasteiger partial charge in [-0.1, -0.05) is 12.8 Å². The van der Waals surface area contributed by atoms with Crippen molar-refractivity contribution in [3.8, 4) is 22.9 Å². The van der Waals surface area contributed by atoms with E-state index >= 15 is 0 Å². The summed E-state index contributed by atoms with van der Waals surface area (Å²) in [5.41, 5.74) is 0.948. The standard InChI is InChI=1S/C24H32N4O4/c1-30-20-11-9-16(14-21(20)31-2)24-26-25-22-15-27(18-7-3-4-8-19(18)28(22)24)23(29)12-10-17-6-5-13-32-17/h9,11,14,17-19H,3-8,10,12-13,15H2,1-2H3/t17-,18+,19-/m1/s1. The Morgan fingerprint density at radius 1 is 1.06 bits per heavy atom. The molecule has 1 saturated carbocycles. The van der Waals surface area contributed by atoms with Crippen molar-refractivity contribution in [2.24, 2.45) is 0 Å². The number of hydrogen-bond acceptors (Lipinski definition) is 6. The predicted octanol–water partition coefficient (Wildman–Crippen LogP) is 3.75. The van der Waals surface area contributed by atoms with Gasteiger partial charge in [-0.25, -0.2) is 0 Å². The molecule has 8 heteroatoms. The summed E-state index contributed by atoms with van der Waals surface area (Å²) in [6.07, 6.45) is 8.15. The molecule has 3 heterocycles. The second kappa shape index (κ2) is 9.10. The number of ether oxygens (including phenoxy) is 3. The van der Waals surface area contributed by atoms with Gasteiger partial charge in [0.1, 0.15) is 0 Å². The number of carbonyl (C=O) groups excluding carboxylic acids is 1. The fourth-order valence-corrected chi connectivity index (χ4v) is 5.55. The molecule has 2 fully saturated rings. The van der Waals surface area contributed by atoms with Gasteiger partial charge >= 0.3 is 0 Å². The molecule has 0 unspecified atom stereocenters. The summed E-state index contributed by atoms with van der Waals surface area (Å²) in [6.45, 7) is 1.35. The minimum Gasteiger partial charge on any atom is -0.493 e. The first-order valence-electron chi connectivity index (χ1n) is 11.8. The SMILES string of the molecule is COc1ccc(-c2nnc3n2[C@@H]2CCCC[C@@H]2N(C(=O)CC[C@H]2CCCO2)C3)cc1OC. The number of fused-ring (bicyclic) bond motifs is 3. The van der Waals surface area contributed by atoms with E-state index in [9.17, 15) is 4.79 Å². The Labute approximate surface area is 188 Å². The van der Waals surface area contributed by atoms with Crippen molar-refractivity contribution in [2.75, 3.05) is 20.8 Å². The highest BCUT2D eigenvalue weighted by atomic mass is 16.5. The van der Waals surface area contributed by atoms with E-state index in [0.29, 0.717) is 24.5 Å². The zero-order chi connectivity index (χ0) is 22.1. The molecule has 2 aromatic rings. The van der Waals surface area contributed by atoms with E-state index in [1.54, 1.807) is 14.2 Å². The van der Waals surface area contributed by atoms with Crippen molar-refractivity contribution >= 4 is 5.91 Å². The van der Waals surface area contributed by atoms with Crippen LogP contribution in [0.15, 0.2) is 18.2 Å². The normalized spacial score (nSPS) is 24.7. The first-order chi connectivity index (χ1) is 15.7. The number of methoxy groups -OCH3 is 2. The van der Waals surface area contributed by atoms with Crippen molar-refractivity contribution in [3.63, 3.8) is 0 Å². The summed E-state index contributed by atoms with van der Waals surface area (Å²) in [6, 6.07) is 6.25. The number of aromatic nitrogens is 3. The van der Waals surface area contributed by atoms with Gasteiger partial charge in [-0.3, -0.25) is 4.79 Å². The predicted molar refractivity (Wildman–Crippen MR) is 119 cm³/mol. The minimum atomic E-state index is 0.197. The molecule has 1 aliphatic carbocycles. The molecular formula is C24H32N4O4. The van der Waals surface area contributed by atoms with Crippen LogP contribution in [0.1, 0.15) is 63.2 Å². The van der Waals surface area contributed by atoms with Crippen LogP contribution in [0.25, 0.3) is 11.4 Å². The lowest BCUT2D eigenvalue weighted by Crippen LogP contribution is -2.50. The lowest BCUT2D eigenvalue weighted by Gasteiger charge is -2.45. The topological polar surface area (TPSA) is 78.7 Å². The smallest absolute Gasteiger partial charge is 0.223 e. The Morgan fingerprint density at radius 3 is 2.62 bits per heavy atom. The quantitative estimate of drug-likeness (QED) is 0.681. The summed E-state index contributed by atoms with van der Waals surface area (Å²) < 4.78 is 18.9. The van der Waals surface area contributed by atoms with Gasteiger partial charge in [-0.05, 0) is 50.3 Å². The molecule has 0 radical (unpaired) electrons. The molecule has 0 spiro atoms. The number of amides is 1. The highest BCUT2D eigenvalue weighted by Crippen LogP contribution is 2.41. The number of nitrogens with zero attached hydrogens (tertiary/aromatic N) is 4. The van der Waals surface area contributed by atoms with Gasteiger partial charge in [0.2, 0.25) is 5.91 Å². The highest BCUT2D eigenvalue weighted by molar-refractivity contribution is 5.77. The van der Waals surface area contributed by atoms with Gasteiger partial charge in [0.05, 0.1) is 39.0 Å². The summed E-state index contributed by atoms with van der Waals surface area (Å²) in [4.78, 5) is 15.3. The second-order valence-electron chi connectivity index (χ2n) is 8.99. The lowest BCUT2D eigenvalue weighted by atomic mass is 9.86. The van der Waals surface area contributed by atoms with Crippen LogP contribution in [0.3, 0.4) is 0 Å². The van der Waals surface area contributed by atoms with Crippen LogP contribution in [-0.2, 0) is 16.1 Å². The molecule has 1 amide bonds. The molecule has 1 saturated heterocycles. The minimum absolute atomic E-state index is 0.197. The van der Waals surface area contributed by atoms with Gasteiger partial charge in [0.25, 0.3) is 0 Å². The average molecular weight is 441 g/mol. The van der Waals surface area contributed by atoms with E-state index in [-0.39, 0.29) is 24.1 Å². The van der Waals surface area contributed by atoms with Gasteiger partial charge in [0.15, 0.2) is 23.1 Å². The Balaban J connectivity index is 1.42. The van der Waals surface area contributed by atoms with Crippen LogP contribution < -0.4 is 9.47 Å². The van der Waals surface area contributed by atoms with Crippen LogP contribution >= 0.6 is 0 Å². The van der Waals surface area contributed by atoms with Crippen molar-refractivity contribution in [1.29, 1.82) is 0 Å². The van der Waals surface area contributed by atoms with Crippen LogP contribution in [0.4, 0.5) is 0 Å². The van der Waals surface area contributed by atoms with Crippen LogP contribution in [-0.4, -0.2) is 58.5 Å². The Morgan fingerprint density at radius 2 is 1.88 bits per heavy atom. The Kier molecular flexibility index (Phi) is 6.04. The summed E-state index contributed by atoms with van der Waals surface area (Å²) in [5.74, 6) is 3.28. The van der Waals surface area contributed by atoms with Crippen molar-refractivity contribution in [1.82, 2.24) is 19.7 Å². The third-order valence-corrected chi connectivity index (χ3v) is 7.17. The van der Waals surface area contributed by atoms with Crippen LogP contribution in [0.5, 0.6) is 11.5 Å². The Bertz CT molecular complexity index is 969. The van der Waals surface area contributed by atoms with E-state index < -0.39 is 0 Å². The lowest BCUT2D eigenvalue weighted by molar-refractivity contribution is -0.138. The molecule has 1 aromatic heterocycles. The largest absolute Gasteiger partial charge is 0.493 e. The maximum Gasteiger partial charge on any atom is 0.223 e. The fraction of sp³-hybridized carbons (Fsp3) is 0.625. The van der Waals surface area contributed by atoms with E-state index in [1.165, 1.54) is 0 Å². The maximum absolute atomic E-state index is 13.2. The number of rotatable bonds is 6. The molecule has 3 aliphatic rings. The van der Waals surface area contributed by atoms with Gasteiger partial charge < -0.3 is 23.7 Å². The van der Waals surface area contributed by atoms with Crippen molar-refractivity contribution in [3.05, 3.63) is 24.0 Å². The maximum atomic E-state index is 13.2. The Hall–Kier alpha value is -2.61. The van der Waals surface area contributed by atoms with Gasteiger partial charge in [-0.2, -0.15) is 0 Å². The zero-order valence-corrected chi connectivity index (χ0v) is 19.0. The monoisotopic (exact) mass is 440 g/mol. The molecule has 172 valence electrons. The van der Waals surface area contributed by atoms with E-state index in [1.807, 2.05) is 18.2 Å². The highest BCUT2D eigenvalue weighted by Gasteiger charge is 2.41. The molecule has 1 aromatic carbocycles. The van der Waals surface area contributed by atoms with E-state index in [4.69, 9.17) is 14.2 Å². The molecule has 2 aliphatic heterocycles. The van der Waals surface area contributed by atoms with E-state index in [2.05, 4.69) is 19.7 Å². The summed E-state index contributed by atoms with van der Waals surface area (Å²) in [5, 5.41) is 9.07. The van der Waals surface area contributed by atoms with Gasteiger partial charge in [-0.15, -0.1) is 10.2 Å². The summed E-state index contributed by atoms with van der Waals surface area (Å²) in [7, 11) is 3.27. The average Bonchev–Trinajstić information content (AvgIpc) is 3.51. The summed E-state index contributed by atoms with van der Waals surface area (Å²) >= 11 is 0. The molecule has 0 bridgehead atoms. The first kappa shape index (κ1) is 21.2. The fourth-order valence-electron chi connectivity index (χ4n) is 5.55. The van der Waals surface area contributed by atoms with E-state index in [0.717, 1.165) is 68.8 Å². The number of carbonyl (C=O) groups is 1. The number of benzene rings is 1.